The molecule has 0 saturated heterocycles. The quantitative estimate of drug-likeness (QED) is 0.288. The largest absolute Gasteiger partial charge is 0.0955 e. The van der Waals surface area contributed by atoms with E-state index in [2.05, 4.69) is 119 Å². The third-order valence-electron chi connectivity index (χ3n) is 8.57. The van der Waals surface area contributed by atoms with E-state index < -0.39 is 0 Å². The van der Waals surface area contributed by atoms with Crippen molar-refractivity contribution < 1.29 is 0 Å². The fraction of sp³-hybridized carbons (Fsp3) is 0.556. The Hall–Kier alpha value is -2.08. The molecule has 0 aromatic heterocycles. The van der Waals surface area contributed by atoms with Gasteiger partial charge in [0.15, 0.2) is 0 Å². The molecule has 0 bridgehead atoms. The average molecular weight is 487 g/mol. The molecule has 0 heterocycles. The van der Waals surface area contributed by atoms with Gasteiger partial charge in [-0.25, -0.2) is 0 Å². The molecule has 0 spiro atoms. The minimum absolute atomic E-state index is 0.347. The molecule has 0 saturated carbocycles. The lowest BCUT2D eigenvalue weighted by Crippen LogP contribution is -2.23. The summed E-state index contributed by atoms with van der Waals surface area (Å²) in [6, 6.07) is 9.24. The van der Waals surface area contributed by atoms with Crippen LogP contribution in [0.2, 0.25) is 0 Å². The van der Waals surface area contributed by atoms with Crippen LogP contribution in [-0.2, 0) is 0 Å². The SMILES string of the molecule is C=C(C)C(=C\C1=C(C)CC[C@H](C(C)(C)C)C1)/C=C(\C)C(=C)[C@H](C)[C@H](CCC)c1cccc(C(C)C)c1. The van der Waals surface area contributed by atoms with Gasteiger partial charge in [-0.1, -0.05) is 116 Å². The standard InChI is InChI=1S/C36H54/c1-13-15-35(31-17-14-16-30(21-31)24(2)3)29(9)28(8)27(7)20-32(25(4)5)22-33-23-34(36(10,11)12)19-18-26(33)6/h14,16-17,20-22,24,29,34-35H,4,8,13,15,18-19,23H2,1-3,5-7,9-12H3/b27-20+,32-22-/t29-,34-,35-/m0/s1. The van der Waals surface area contributed by atoms with Crippen LogP contribution >= 0.6 is 0 Å². The smallest absolute Gasteiger partial charge is 0.00959 e. The van der Waals surface area contributed by atoms with E-state index >= 15 is 0 Å². The van der Waals surface area contributed by atoms with Gasteiger partial charge in [0.05, 0.1) is 0 Å². The van der Waals surface area contributed by atoms with Crippen LogP contribution in [0.5, 0.6) is 0 Å². The topological polar surface area (TPSA) is 0 Å². The van der Waals surface area contributed by atoms with Gasteiger partial charge < -0.3 is 0 Å². The van der Waals surface area contributed by atoms with E-state index in [4.69, 9.17) is 0 Å². The van der Waals surface area contributed by atoms with Crippen LogP contribution in [0.25, 0.3) is 0 Å². The normalized spacial score (nSPS) is 19.5. The maximum Gasteiger partial charge on any atom is -0.00959 e. The maximum atomic E-state index is 4.62. The summed E-state index contributed by atoms with van der Waals surface area (Å²) < 4.78 is 0. The zero-order valence-electron chi connectivity index (χ0n) is 25.2. The Morgan fingerprint density at radius 2 is 1.72 bits per heavy atom. The second-order valence-corrected chi connectivity index (χ2v) is 12.9. The minimum atomic E-state index is 0.347. The molecule has 36 heavy (non-hydrogen) atoms. The van der Waals surface area contributed by atoms with Crippen LogP contribution in [0.1, 0.15) is 124 Å². The van der Waals surface area contributed by atoms with Crippen LogP contribution in [0.3, 0.4) is 0 Å². The summed E-state index contributed by atoms with van der Waals surface area (Å²) in [5, 5.41) is 0. The second kappa shape index (κ2) is 12.9. The molecule has 0 heteroatoms. The zero-order chi connectivity index (χ0) is 27.2. The third kappa shape index (κ3) is 7.96. The highest BCUT2D eigenvalue weighted by molar-refractivity contribution is 5.48. The molecule has 1 aliphatic rings. The average Bonchev–Trinajstić information content (AvgIpc) is 2.81. The van der Waals surface area contributed by atoms with Crippen LogP contribution < -0.4 is 0 Å². The number of hydrogen-bond donors (Lipinski definition) is 0. The Labute approximate surface area is 224 Å². The van der Waals surface area contributed by atoms with Crippen molar-refractivity contribution in [3.63, 3.8) is 0 Å². The van der Waals surface area contributed by atoms with Crippen molar-refractivity contribution in [1.29, 1.82) is 0 Å². The molecule has 1 aliphatic carbocycles. The first-order valence-electron chi connectivity index (χ1n) is 14.3. The second-order valence-electron chi connectivity index (χ2n) is 12.9. The fourth-order valence-corrected chi connectivity index (χ4v) is 5.58. The van der Waals surface area contributed by atoms with E-state index in [9.17, 15) is 0 Å². The van der Waals surface area contributed by atoms with Crippen LogP contribution in [0.15, 0.2) is 83.0 Å². The highest BCUT2D eigenvalue weighted by Crippen LogP contribution is 2.41. The number of allylic oxidation sites excluding steroid dienone is 8. The van der Waals surface area contributed by atoms with Crippen molar-refractivity contribution in [1.82, 2.24) is 0 Å². The molecule has 0 amide bonds. The predicted octanol–water partition coefficient (Wildman–Crippen LogP) is 11.5. The first-order valence-corrected chi connectivity index (χ1v) is 14.3. The van der Waals surface area contributed by atoms with Crippen molar-refractivity contribution in [3.8, 4) is 0 Å². The Kier molecular flexibility index (Phi) is 10.8. The monoisotopic (exact) mass is 486 g/mol. The van der Waals surface area contributed by atoms with E-state index in [1.807, 2.05) is 0 Å². The number of hydrogen-bond acceptors (Lipinski definition) is 0. The van der Waals surface area contributed by atoms with E-state index in [-0.39, 0.29) is 0 Å². The number of rotatable bonds is 10. The summed E-state index contributed by atoms with van der Waals surface area (Å²) in [7, 11) is 0. The fourth-order valence-electron chi connectivity index (χ4n) is 5.58. The molecule has 3 atom stereocenters. The summed E-state index contributed by atoms with van der Waals surface area (Å²) in [6.07, 6.45) is 10.8. The van der Waals surface area contributed by atoms with Gasteiger partial charge in [0, 0.05) is 0 Å². The summed E-state index contributed by atoms with van der Waals surface area (Å²) in [5.41, 5.74) is 11.2. The van der Waals surface area contributed by atoms with Crippen LogP contribution in [-0.4, -0.2) is 0 Å². The predicted molar refractivity (Wildman–Crippen MR) is 163 cm³/mol. The zero-order valence-corrected chi connectivity index (χ0v) is 25.2. The van der Waals surface area contributed by atoms with Gasteiger partial charge in [-0.2, -0.15) is 0 Å². The van der Waals surface area contributed by atoms with Gasteiger partial charge in [-0.3, -0.25) is 0 Å². The summed E-state index contributed by atoms with van der Waals surface area (Å²) in [6.45, 7) is 32.0. The van der Waals surface area contributed by atoms with Crippen molar-refractivity contribution in [2.45, 2.75) is 113 Å². The van der Waals surface area contributed by atoms with Gasteiger partial charge in [0.25, 0.3) is 0 Å². The van der Waals surface area contributed by atoms with E-state index in [1.54, 1.807) is 5.57 Å². The molecule has 198 valence electrons. The van der Waals surface area contributed by atoms with Gasteiger partial charge in [0.1, 0.15) is 0 Å². The highest BCUT2D eigenvalue weighted by atomic mass is 14.3. The van der Waals surface area contributed by atoms with Gasteiger partial charge >= 0.3 is 0 Å². The Morgan fingerprint density at radius 1 is 1.08 bits per heavy atom. The summed E-state index contributed by atoms with van der Waals surface area (Å²) in [4.78, 5) is 0. The molecule has 0 radical (unpaired) electrons. The van der Waals surface area contributed by atoms with Gasteiger partial charge in [-0.15, -0.1) is 0 Å². The molecule has 0 nitrogen and oxygen atoms in total. The van der Waals surface area contributed by atoms with Crippen LogP contribution in [0, 0.1) is 17.3 Å². The molecule has 0 aliphatic heterocycles. The Bertz CT molecular complexity index is 1010. The van der Waals surface area contributed by atoms with E-state index in [1.165, 1.54) is 65.5 Å². The first kappa shape index (κ1) is 30.1. The lowest BCUT2D eigenvalue weighted by Gasteiger charge is -2.35. The molecule has 1 aromatic rings. The maximum absolute atomic E-state index is 4.62. The molecular weight excluding hydrogens is 432 g/mol. The van der Waals surface area contributed by atoms with Crippen molar-refractivity contribution in [2.75, 3.05) is 0 Å². The van der Waals surface area contributed by atoms with Crippen molar-refractivity contribution >= 4 is 0 Å². The van der Waals surface area contributed by atoms with Crippen molar-refractivity contribution in [3.05, 3.63) is 94.1 Å². The molecule has 0 N–H and O–H groups in total. The Balaban J connectivity index is 2.36. The van der Waals surface area contributed by atoms with E-state index in [0.717, 1.165) is 11.5 Å². The minimum Gasteiger partial charge on any atom is -0.0955 e. The lowest BCUT2D eigenvalue weighted by atomic mass is 9.70. The molecule has 0 unspecified atom stereocenters. The highest BCUT2D eigenvalue weighted by Gasteiger charge is 2.28. The van der Waals surface area contributed by atoms with E-state index in [0.29, 0.717) is 23.2 Å². The first-order chi connectivity index (χ1) is 16.8. The lowest BCUT2D eigenvalue weighted by molar-refractivity contribution is 0.217. The Morgan fingerprint density at radius 3 is 2.28 bits per heavy atom. The van der Waals surface area contributed by atoms with Gasteiger partial charge in [0.2, 0.25) is 0 Å². The van der Waals surface area contributed by atoms with Crippen LogP contribution in [0.4, 0.5) is 0 Å². The summed E-state index contributed by atoms with van der Waals surface area (Å²) >= 11 is 0. The third-order valence-corrected chi connectivity index (χ3v) is 8.57. The van der Waals surface area contributed by atoms with Crippen molar-refractivity contribution in [2.24, 2.45) is 17.3 Å². The molecule has 1 aromatic carbocycles. The molecular formula is C36H54. The summed E-state index contributed by atoms with van der Waals surface area (Å²) in [5.74, 6) is 2.15. The molecule has 0 fully saturated rings. The molecule has 2 rings (SSSR count). The van der Waals surface area contributed by atoms with Gasteiger partial charge in [-0.05, 0) is 109 Å². The number of benzene rings is 1.